The third-order valence-corrected chi connectivity index (χ3v) is 1.75. The fourth-order valence-corrected chi connectivity index (χ4v) is 1.06. The van der Waals surface area contributed by atoms with Crippen LogP contribution in [0.25, 0.3) is 0 Å². The molecule has 0 aromatic carbocycles. The summed E-state index contributed by atoms with van der Waals surface area (Å²) >= 11 is 0. The average Bonchev–Trinajstić information content (AvgIpc) is 2.02. The second-order valence-corrected chi connectivity index (χ2v) is 3.48. The molecule has 0 saturated heterocycles. The highest BCUT2D eigenvalue weighted by molar-refractivity contribution is 4.79. The first-order valence-corrected chi connectivity index (χ1v) is 5.15. The second kappa shape index (κ2) is 8.79. The molecule has 0 aromatic heterocycles. The maximum atomic E-state index is 3.41. The van der Waals surface area contributed by atoms with Gasteiger partial charge in [0, 0.05) is 6.04 Å². The largest absolute Gasteiger partial charge is 0.315 e. The molecule has 0 aromatic rings. The summed E-state index contributed by atoms with van der Waals surface area (Å²) in [5, 5.41) is 3.41. The van der Waals surface area contributed by atoms with Crippen LogP contribution in [0.15, 0.2) is 12.2 Å². The van der Waals surface area contributed by atoms with E-state index in [1.54, 1.807) is 0 Å². The summed E-state index contributed by atoms with van der Waals surface area (Å²) in [6, 6.07) is 0.635. The van der Waals surface area contributed by atoms with Crippen LogP contribution < -0.4 is 5.32 Å². The third kappa shape index (κ3) is 9.70. The van der Waals surface area contributed by atoms with Crippen molar-refractivity contribution in [2.75, 3.05) is 6.54 Å². The van der Waals surface area contributed by atoms with Crippen LogP contribution in [0.5, 0.6) is 0 Å². The average molecular weight is 169 g/mol. The van der Waals surface area contributed by atoms with Gasteiger partial charge in [0.15, 0.2) is 0 Å². The molecular formula is C11H23N. The molecule has 1 heteroatoms. The molecule has 0 unspecified atom stereocenters. The van der Waals surface area contributed by atoms with E-state index in [-0.39, 0.29) is 0 Å². The number of nitrogens with one attached hydrogen (secondary N) is 1. The molecule has 72 valence electrons. The zero-order valence-electron chi connectivity index (χ0n) is 8.77. The molecular weight excluding hydrogens is 146 g/mol. The molecule has 0 fully saturated rings. The number of rotatable bonds is 7. The lowest BCUT2D eigenvalue weighted by atomic mass is 10.2. The highest BCUT2D eigenvalue weighted by atomic mass is 14.9. The normalized spacial score (nSPS) is 11.7. The fraction of sp³-hybridized carbons (Fsp3) is 0.818. The second-order valence-electron chi connectivity index (χ2n) is 3.48. The third-order valence-electron chi connectivity index (χ3n) is 1.75. The summed E-state index contributed by atoms with van der Waals surface area (Å²) in [4.78, 5) is 0. The van der Waals surface area contributed by atoms with Crippen molar-refractivity contribution in [3.63, 3.8) is 0 Å². The maximum Gasteiger partial charge on any atom is 0.00103 e. The number of hydrogen-bond acceptors (Lipinski definition) is 1. The molecule has 0 amide bonds. The van der Waals surface area contributed by atoms with Crippen molar-refractivity contribution >= 4 is 0 Å². The van der Waals surface area contributed by atoms with E-state index in [1.807, 2.05) is 0 Å². The minimum atomic E-state index is 0.635. The highest BCUT2D eigenvalue weighted by Gasteiger charge is 1.90. The molecule has 0 aliphatic carbocycles. The minimum Gasteiger partial charge on any atom is -0.315 e. The topological polar surface area (TPSA) is 12.0 Å². The molecule has 0 atom stereocenters. The molecule has 0 rings (SSSR count). The Morgan fingerprint density at radius 3 is 2.50 bits per heavy atom. The summed E-state index contributed by atoms with van der Waals surface area (Å²) in [5.41, 5.74) is 0. The van der Waals surface area contributed by atoms with E-state index < -0.39 is 0 Å². The van der Waals surface area contributed by atoms with E-state index in [1.165, 1.54) is 25.7 Å². The van der Waals surface area contributed by atoms with Crippen molar-refractivity contribution in [3.05, 3.63) is 12.2 Å². The van der Waals surface area contributed by atoms with Crippen LogP contribution in [0.3, 0.4) is 0 Å². The molecule has 0 saturated carbocycles. The molecule has 0 aliphatic heterocycles. The Balaban J connectivity index is 2.96. The van der Waals surface area contributed by atoms with Crippen LogP contribution in [0.1, 0.15) is 46.5 Å². The lowest BCUT2D eigenvalue weighted by molar-refractivity contribution is 0.559. The minimum absolute atomic E-state index is 0.635. The summed E-state index contributed by atoms with van der Waals surface area (Å²) in [6.45, 7) is 7.72. The molecule has 0 spiro atoms. The monoisotopic (exact) mass is 169 g/mol. The predicted octanol–water partition coefficient (Wildman–Crippen LogP) is 3.12. The van der Waals surface area contributed by atoms with Gasteiger partial charge in [0.05, 0.1) is 0 Å². The van der Waals surface area contributed by atoms with E-state index in [2.05, 4.69) is 38.2 Å². The van der Waals surface area contributed by atoms with Gasteiger partial charge in [-0.15, -0.1) is 0 Å². The van der Waals surface area contributed by atoms with Crippen molar-refractivity contribution < 1.29 is 0 Å². The zero-order chi connectivity index (χ0) is 9.23. The quantitative estimate of drug-likeness (QED) is 0.456. The van der Waals surface area contributed by atoms with Gasteiger partial charge < -0.3 is 5.32 Å². The Labute approximate surface area is 77.2 Å². The van der Waals surface area contributed by atoms with Crippen LogP contribution in [0.4, 0.5) is 0 Å². The first kappa shape index (κ1) is 11.7. The van der Waals surface area contributed by atoms with Gasteiger partial charge in [-0.2, -0.15) is 0 Å². The fourth-order valence-electron chi connectivity index (χ4n) is 1.06. The molecule has 12 heavy (non-hydrogen) atoms. The Morgan fingerprint density at radius 2 is 1.92 bits per heavy atom. The van der Waals surface area contributed by atoms with Crippen LogP contribution in [0.2, 0.25) is 0 Å². The summed E-state index contributed by atoms with van der Waals surface area (Å²) in [7, 11) is 0. The lowest BCUT2D eigenvalue weighted by Crippen LogP contribution is -2.23. The van der Waals surface area contributed by atoms with E-state index >= 15 is 0 Å². The Morgan fingerprint density at radius 1 is 1.17 bits per heavy atom. The highest BCUT2D eigenvalue weighted by Crippen LogP contribution is 1.96. The van der Waals surface area contributed by atoms with E-state index in [0.717, 1.165) is 6.54 Å². The van der Waals surface area contributed by atoms with Crippen molar-refractivity contribution in [2.24, 2.45) is 0 Å². The number of unbranched alkanes of at least 4 members (excludes halogenated alkanes) is 2. The van der Waals surface area contributed by atoms with Crippen LogP contribution in [-0.2, 0) is 0 Å². The summed E-state index contributed by atoms with van der Waals surface area (Å²) in [5.74, 6) is 0. The molecule has 1 nitrogen and oxygen atoms in total. The molecule has 0 aliphatic rings. The molecule has 0 bridgehead atoms. The smallest absolute Gasteiger partial charge is 0.00103 e. The van der Waals surface area contributed by atoms with Gasteiger partial charge in [0.2, 0.25) is 0 Å². The molecule has 1 N–H and O–H groups in total. The van der Waals surface area contributed by atoms with Crippen molar-refractivity contribution in [1.82, 2.24) is 5.32 Å². The first-order chi connectivity index (χ1) is 5.77. The van der Waals surface area contributed by atoms with Crippen LogP contribution >= 0.6 is 0 Å². The van der Waals surface area contributed by atoms with Crippen molar-refractivity contribution in [3.8, 4) is 0 Å². The predicted molar refractivity (Wildman–Crippen MR) is 56.4 cm³/mol. The van der Waals surface area contributed by atoms with E-state index in [4.69, 9.17) is 0 Å². The molecule has 0 radical (unpaired) electrons. The van der Waals surface area contributed by atoms with Gasteiger partial charge in [0.1, 0.15) is 0 Å². The standard InChI is InChI=1S/C11H23N/c1-4-5-6-7-8-9-10-12-11(2)3/h5-6,11-12H,4,7-10H2,1-3H3/b6-5-. The van der Waals surface area contributed by atoms with E-state index in [9.17, 15) is 0 Å². The maximum absolute atomic E-state index is 3.41. The van der Waals surface area contributed by atoms with Crippen molar-refractivity contribution in [1.29, 1.82) is 0 Å². The van der Waals surface area contributed by atoms with Gasteiger partial charge in [0.25, 0.3) is 0 Å². The number of allylic oxidation sites excluding steroid dienone is 2. The lowest BCUT2D eigenvalue weighted by Gasteiger charge is -2.06. The Kier molecular flexibility index (Phi) is 8.57. The number of hydrogen-bond donors (Lipinski definition) is 1. The summed E-state index contributed by atoms with van der Waals surface area (Å²) in [6.07, 6.45) is 9.56. The van der Waals surface area contributed by atoms with Crippen LogP contribution in [0, 0.1) is 0 Å². The van der Waals surface area contributed by atoms with Gasteiger partial charge in [-0.1, -0.05) is 32.9 Å². The van der Waals surface area contributed by atoms with E-state index in [0.29, 0.717) is 6.04 Å². The Bertz CT molecular complexity index is 106. The van der Waals surface area contributed by atoms with Crippen molar-refractivity contribution in [2.45, 2.75) is 52.5 Å². The molecule has 0 heterocycles. The van der Waals surface area contributed by atoms with Gasteiger partial charge in [-0.3, -0.25) is 0 Å². The van der Waals surface area contributed by atoms with Crippen LogP contribution in [-0.4, -0.2) is 12.6 Å². The Hall–Kier alpha value is -0.300. The zero-order valence-corrected chi connectivity index (χ0v) is 8.77. The van der Waals surface area contributed by atoms with Gasteiger partial charge in [-0.25, -0.2) is 0 Å². The van der Waals surface area contributed by atoms with Gasteiger partial charge in [-0.05, 0) is 32.2 Å². The first-order valence-electron chi connectivity index (χ1n) is 5.15. The van der Waals surface area contributed by atoms with Gasteiger partial charge >= 0.3 is 0 Å². The summed E-state index contributed by atoms with van der Waals surface area (Å²) < 4.78 is 0. The SMILES string of the molecule is CC/C=C\CCCCNC(C)C.